The van der Waals surface area contributed by atoms with Crippen LogP contribution in [-0.2, 0) is 16.7 Å². The molecule has 6 nitrogen and oxygen atoms in total. The van der Waals surface area contributed by atoms with Gasteiger partial charge in [-0.1, -0.05) is 18.7 Å². The van der Waals surface area contributed by atoms with E-state index >= 15 is 0 Å². The molecule has 1 N–H and O–H groups in total. The third-order valence-corrected chi connectivity index (χ3v) is 2.03. The highest BCUT2D eigenvalue weighted by atomic mass is 32.2. The third kappa shape index (κ3) is 5.01. The van der Waals surface area contributed by atoms with E-state index in [1.54, 1.807) is 18.2 Å². The monoisotopic (exact) mass is 251 g/mol. The Balaban J connectivity index is 2.91. The molecule has 0 amide bonds. The molecule has 0 radical (unpaired) electrons. The Labute approximate surface area is 98.8 Å². The van der Waals surface area contributed by atoms with Gasteiger partial charge >= 0.3 is 10.3 Å². The van der Waals surface area contributed by atoms with Gasteiger partial charge in [0.25, 0.3) is 0 Å². The van der Waals surface area contributed by atoms with Gasteiger partial charge in [-0.05, 0) is 22.2 Å². The molecule has 88 valence electrons. The average Bonchev–Trinajstić information content (AvgIpc) is 2.26. The van der Waals surface area contributed by atoms with E-state index in [1.807, 2.05) is 6.07 Å². The topological polar surface area (TPSA) is 103 Å². The van der Waals surface area contributed by atoms with Gasteiger partial charge in [-0.3, -0.25) is 4.55 Å². The molecule has 7 heteroatoms. The fourth-order valence-corrected chi connectivity index (χ4v) is 1.31. The van der Waals surface area contributed by atoms with Crippen molar-refractivity contribution >= 4 is 16.0 Å². The Bertz CT molecular complexity index is 599. The van der Waals surface area contributed by atoms with Crippen LogP contribution in [0.3, 0.4) is 0 Å². The predicted octanol–water partition coefficient (Wildman–Crippen LogP) is 2.20. The second-order valence-electron chi connectivity index (χ2n) is 3.19. The summed E-state index contributed by atoms with van der Waals surface area (Å²) < 4.78 is 31.8. The van der Waals surface area contributed by atoms with Crippen LogP contribution in [0.5, 0.6) is 0 Å². The Hall–Kier alpha value is -2.04. The van der Waals surface area contributed by atoms with Crippen molar-refractivity contribution in [2.24, 2.45) is 9.63 Å². The van der Waals surface area contributed by atoms with Crippen molar-refractivity contribution in [3.05, 3.63) is 42.0 Å². The first-order chi connectivity index (χ1) is 7.90. The summed E-state index contributed by atoms with van der Waals surface area (Å²) in [4.78, 5) is 0. The van der Waals surface area contributed by atoms with Gasteiger partial charge in [0.05, 0.1) is 11.8 Å². The molecule has 0 spiro atoms. The molecule has 0 heterocycles. The highest BCUT2D eigenvalue weighted by molar-refractivity contribution is 7.84. The molecule has 0 fully saturated rings. The molecule has 0 saturated carbocycles. The molecule has 0 aliphatic rings. The molecule has 0 aromatic heterocycles. The number of allylic oxidation sites excluding steroid dienone is 1. The number of hydrogen-bond donors (Lipinski definition) is 1. The van der Waals surface area contributed by atoms with Crippen LogP contribution in [0.15, 0.2) is 46.1 Å². The maximum Gasteiger partial charge on any atom is 0.396 e. The summed E-state index contributed by atoms with van der Waals surface area (Å²) in [5.74, 6) is 0. The van der Waals surface area contributed by atoms with Gasteiger partial charge in [-0.15, -0.1) is 5.11 Å². The van der Waals surface area contributed by atoms with Gasteiger partial charge in [-0.25, -0.2) is 0 Å². The summed E-state index contributed by atoms with van der Waals surface area (Å²) in [6, 6.07) is 8.36. The molecule has 0 saturated heterocycles. The summed E-state index contributed by atoms with van der Waals surface area (Å²) in [7, 11) is -4.47. The SMILES string of the molecule is C=C(C#N)Cc1cccc(N=NS(=O)(=O)O)c1. The molecule has 1 rings (SSSR count). The number of hydrogen-bond acceptors (Lipinski definition) is 4. The Morgan fingerprint density at radius 2 is 2.24 bits per heavy atom. The highest BCUT2D eigenvalue weighted by Crippen LogP contribution is 2.17. The van der Waals surface area contributed by atoms with Crippen LogP contribution in [0.1, 0.15) is 5.56 Å². The molecular weight excluding hydrogens is 242 g/mol. The quantitative estimate of drug-likeness (QED) is 0.503. The van der Waals surface area contributed by atoms with Crippen LogP contribution in [0, 0.1) is 11.3 Å². The minimum absolute atomic E-state index is 0.269. The fraction of sp³-hybridized carbons (Fsp3) is 0.100. The highest BCUT2D eigenvalue weighted by Gasteiger charge is 2.01. The van der Waals surface area contributed by atoms with Crippen molar-refractivity contribution < 1.29 is 13.0 Å². The lowest BCUT2D eigenvalue weighted by atomic mass is 10.1. The molecule has 0 aliphatic carbocycles. The van der Waals surface area contributed by atoms with E-state index in [9.17, 15) is 8.42 Å². The minimum atomic E-state index is -4.47. The van der Waals surface area contributed by atoms with Gasteiger partial charge in [0.2, 0.25) is 0 Å². The summed E-state index contributed by atoms with van der Waals surface area (Å²) >= 11 is 0. The molecule has 0 bridgehead atoms. The Morgan fingerprint density at radius 1 is 1.53 bits per heavy atom. The largest absolute Gasteiger partial charge is 0.396 e. The van der Waals surface area contributed by atoms with Gasteiger partial charge in [-0.2, -0.15) is 13.7 Å². The van der Waals surface area contributed by atoms with Gasteiger partial charge in [0, 0.05) is 12.0 Å². The summed E-state index contributed by atoms with van der Waals surface area (Å²) in [5, 5.41) is 11.9. The van der Waals surface area contributed by atoms with E-state index in [-0.39, 0.29) is 5.69 Å². The second kappa shape index (κ2) is 5.34. The van der Waals surface area contributed by atoms with Crippen molar-refractivity contribution in [3.8, 4) is 6.07 Å². The number of benzene rings is 1. The molecule has 0 unspecified atom stereocenters. The molecule has 0 atom stereocenters. The van der Waals surface area contributed by atoms with Crippen molar-refractivity contribution in [2.45, 2.75) is 6.42 Å². The van der Waals surface area contributed by atoms with Crippen LogP contribution >= 0.6 is 0 Å². The third-order valence-electron chi connectivity index (χ3n) is 1.75. The zero-order chi connectivity index (χ0) is 12.9. The van der Waals surface area contributed by atoms with E-state index < -0.39 is 10.3 Å². The summed E-state index contributed by atoms with van der Waals surface area (Å²) in [6.07, 6.45) is 0.353. The van der Waals surface area contributed by atoms with Crippen LogP contribution < -0.4 is 0 Å². The molecule has 0 aliphatic heterocycles. The number of nitriles is 1. The van der Waals surface area contributed by atoms with E-state index in [0.29, 0.717) is 12.0 Å². The Morgan fingerprint density at radius 3 is 2.82 bits per heavy atom. The Kier molecular flexibility index (Phi) is 4.09. The lowest BCUT2D eigenvalue weighted by Gasteiger charge is -1.99. The van der Waals surface area contributed by atoms with Crippen molar-refractivity contribution in [1.82, 2.24) is 0 Å². The maximum atomic E-state index is 10.4. The van der Waals surface area contributed by atoms with E-state index in [1.165, 1.54) is 6.07 Å². The summed E-state index contributed by atoms with van der Waals surface area (Å²) in [5.41, 5.74) is 1.41. The lowest BCUT2D eigenvalue weighted by molar-refractivity contribution is 0.482. The van der Waals surface area contributed by atoms with Gasteiger partial charge in [0.1, 0.15) is 0 Å². The maximum absolute atomic E-state index is 10.4. The normalized spacial score (nSPS) is 11.3. The molecule has 1 aromatic rings. The van der Waals surface area contributed by atoms with Crippen LogP contribution in [-0.4, -0.2) is 13.0 Å². The molecule has 1 aromatic carbocycles. The fourth-order valence-electron chi connectivity index (χ4n) is 1.11. The lowest BCUT2D eigenvalue weighted by Crippen LogP contribution is -1.88. The first-order valence-electron chi connectivity index (χ1n) is 4.48. The van der Waals surface area contributed by atoms with Crippen LogP contribution in [0.25, 0.3) is 0 Å². The standard InChI is InChI=1S/C10H9N3O3S/c1-8(7-11)5-9-3-2-4-10(6-9)12-13-17(14,15)16/h2-4,6H,1,5H2,(H,14,15,16). The zero-order valence-electron chi connectivity index (χ0n) is 8.74. The van der Waals surface area contributed by atoms with Gasteiger partial charge in [0.15, 0.2) is 0 Å². The van der Waals surface area contributed by atoms with Crippen LogP contribution in [0.4, 0.5) is 5.69 Å². The van der Waals surface area contributed by atoms with Crippen molar-refractivity contribution in [3.63, 3.8) is 0 Å². The first-order valence-corrected chi connectivity index (χ1v) is 5.87. The van der Waals surface area contributed by atoms with E-state index in [2.05, 4.69) is 16.2 Å². The van der Waals surface area contributed by atoms with Crippen molar-refractivity contribution in [1.29, 1.82) is 5.26 Å². The van der Waals surface area contributed by atoms with Crippen molar-refractivity contribution in [2.75, 3.05) is 0 Å². The molecule has 17 heavy (non-hydrogen) atoms. The van der Waals surface area contributed by atoms with Crippen LogP contribution in [0.2, 0.25) is 0 Å². The van der Waals surface area contributed by atoms with E-state index in [4.69, 9.17) is 9.81 Å². The predicted molar refractivity (Wildman–Crippen MR) is 61.0 cm³/mol. The minimum Gasteiger partial charge on any atom is -0.267 e. The average molecular weight is 251 g/mol. The first kappa shape index (κ1) is 13.0. The van der Waals surface area contributed by atoms with Gasteiger partial charge < -0.3 is 0 Å². The zero-order valence-corrected chi connectivity index (χ0v) is 9.55. The number of nitrogens with zero attached hydrogens (tertiary/aromatic N) is 3. The summed E-state index contributed by atoms with van der Waals surface area (Å²) in [6.45, 7) is 3.53. The van der Waals surface area contributed by atoms with E-state index in [0.717, 1.165) is 5.56 Å². The molecular formula is C10H9N3O3S. The smallest absolute Gasteiger partial charge is 0.267 e. The number of rotatable bonds is 4. The second-order valence-corrected chi connectivity index (χ2v) is 4.25.